The van der Waals surface area contributed by atoms with Gasteiger partial charge in [0.1, 0.15) is 0 Å². The van der Waals surface area contributed by atoms with E-state index in [2.05, 4.69) is 15.6 Å². The molecule has 21 heavy (non-hydrogen) atoms. The average Bonchev–Trinajstić information content (AvgIpc) is 2.86. The van der Waals surface area contributed by atoms with Gasteiger partial charge in [-0.25, -0.2) is 0 Å². The van der Waals surface area contributed by atoms with E-state index in [0.717, 1.165) is 0 Å². The second-order valence-electron chi connectivity index (χ2n) is 5.22. The summed E-state index contributed by atoms with van der Waals surface area (Å²) in [6, 6.07) is 4.65. The zero-order chi connectivity index (χ0) is 15.6. The number of hydrogen-bond donors (Lipinski definition) is 2. The van der Waals surface area contributed by atoms with Crippen LogP contribution < -0.4 is 10.6 Å². The number of nitro benzene ring substituents is 1. The molecule has 2 N–H and O–H groups in total. The fourth-order valence-corrected chi connectivity index (χ4v) is 1.87. The predicted octanol–water partition coefficient (Wildman–Crippen LogP) is 1.92. The monoisotopic (exact) mass is 292 g/mol. The van der Waals surface area contributed by atoms with Gasteiger partial charge in [0.05, 0.1) is 10.3 Å². The number of fused-ring (bicyclic) bond motifs is 1. The van der Waals surface area contributed by atoms with Gasteiger partial charge in [-0.05, 0) is 19.9 Å². The third kappa shape index (κ3) is 2.93. The minimum absolute atomic E-state index is 0.116. The van der Waals surface area contributed by atoms with Crippen molar-refractivity contribution in [2.45, 2.75) is 13.8 Å². The standard InChI is InChI=1S/C13H16N4O4/c1-13(2,11(18)14-3)7-15-12-16-10-8(17(19)20)5-4-6-9(10)21-12/h4-6H,7H2,1-3H3,(H,14,18)(H,15,16). The maximum atomic E-state index is 11.7. The summed E-state index contributed by atoms with van der Waals surface area (Å²) in [5, 5.41) is 16.4. The van der Waals surface area contributed by atoms with Crippen LogP contribution in [-0.2, 0) is 4.79 Å². The van der Waals surface area contributed by atoms with Crippen LogP contribution in [0.5, 0.6) is 0 Å². The van der Waals surface area contributed by atoms with Gasteiger partial charge in [-0.1, -0.05) is 6.07 Å². The van der Waals surface area contributed by atoms with E-state index < -0.39 is 10.3 Å². The van der Waals surface area contributed by atoms with Gasteiger partial charge in [-0.15, -0.1) is 0 Å². The van der Waals surface area contributed by atoms with E-state index in [4.69, 9.17) is 4.42 Å². The second kappa shape index (κ2) is 5.39. The summed E-state index contributed by atoms with van der Waals surface area (Å²) >= 11 is 0. The van der Waals surface area contributed by atoms with Crippen LogP contribution in [0.1, 0.15) is 13.8 Å². The smallest absolute Gasteiger partial charge is 0.298 e. The number of aromatic nitrogens is 1. The largest absolute Gasteiger partial charge is 0.423 e. The summed E-state index contributed by atoms with van der Waals surface area (Å²) in [5.74, 6) is -0.128. The third-order valence-corrected chi connectivity index (χ3v) is 3.12. The van der Waals surface area contributed by atoms with Crippen molar-refractivity contribution in [3.05, 3.63) is 28.3 Å². The maximum absolute atomic E-state index is 11.7. The Bertz CT molecular complexity index is 693. The molecule has 0 aliphatic heterocycles. The molecular formula is C13H16N4O4. The van der Waals surface area contributed by atoms with E-state index in [0.29, 0.717) is 5.58 Å². The molecule has 8 heteroatoms. The molecule has 1 aromatic carbocycles. The van der Waals surface area contributed by atoms with E-state index in [-0.39, 0.29) is 29.7 Å². The molecule has 0 bridgehead atoms. The lowest BCUT2D eigenvalue weighted by molar-refractivity contribution is -0.383. The SMILES string of the molecule is CNC(=O)C(C)(C)CNc1nc2c([N+](=O)[O-])cccc2o1. The molecule has 1 amide bonds. The summed E-state index contributed by atoms with van der Waals surface area (Å²) in [5.41, 5.74) is -0.275. The van der Waals surface area contributed by atoms with Crippen LogP contribution in [-0.4, -0.2) is 29.4 Å². The number of hydrogen-bond acceptors (Lipinski definition) is 6. The number of amides is 1. The molecule has 0 aliphatic carbocycles. The summed E-state index contributed by atoms with van der Waals surface area (Å²) in [7, 11) is 1.56. The highest BCUT2D eigenvalue weighted by Gasteiger charge is 2.27. The Hall–Kier alpha value is -2.64. The molecule has 112 valence electrons. The molecule has 0 unspecified atom stereocenters. The van der Waals surface area contributed by atoms with Crippen molar-refractivity contribution in [2.24, 2.45) is 5.41 Å². The van der Waals surface area contributed by atoms with Gasteiger partial charge < -0.3 is 15.1 Å². The van der Waals surface area contributed by atoms with E-state index >= 15 is 0 Å². The number of carbonyl (C=O) groups is 1. The fourth-order valence-electron chi connectivity index (χ4n) is 1.87. The molecule has 0 radical (unpaired) electrons. The number of carbonyl (C=O) groups excluding carboxylic acids is 1. The highest BCUT2D eigenvalue weighted by Crippen LogP contribution is 2.27. The molecule has 0 saturated heterocycles. The Balaban J connectivity index is 2.23. The number of anilines is 1. The fraction of sp³-hybridized carbons (Fsp3) is 0.385. The summed E-state index contributed by atoms with van der Waals surface area (Å²) in [4.78, 5) is 26.2. The molecule has 0 spiro atoms. The Morgan fingerprint density at radius 2 is 2.19 bits per heavy atom. The van der Waals surface area contributed by atoms with Crippen molar-refractivity contribution in [1.82, 2.24) is 10.3 Å². The molecule has 0 atom stereocenters. The summed E-state index contributed by atoms with van der Waals surface area (Å²) < 4.78 is 5.41. The van der Waals surface area contributed by atoms with Crippen molar-refractivity contribution in [3.8, 4) is 0 Å². The molecule has 2 aromatic rings. The van der Waals surface area contributed by atoms with Gasteiger partial charge in [0.15, 0.2) is 11.1 Å². The van der Waals surface area contributed by atoms with Crippen LogP contribution in [0.2, 0.25) is 0 Å². The van der Waals surface area contributed by atoms with Crippen LogP contribution >= 0.6 is 0 Å². The number of nitrogens with one attached hydrogen (secondary N) is 2. The molecule has 0 fully saturated rings. The number of non-ortho nitro benzene ring substituents is 1. The van der Waals surface area contributed by atoms with Gasteiger partial charge in [-0.2, -0.15) is 4.98 Å². The van der Waals surface area contributed by atoms with E-state index in [1.54, 1.807) is 27.0 Å². The number of rotatable bonds is 5. The van der Waals surface area contributed by atoms with Crippen molar-refractivity contribution in [1.29, 1.82) is 0 Å². The average molecular weight is 292 g/mol. The predicted molar refractivity (Wildman–Crippen MR) is 77.0 cm³/mol. The molecule has 1 heterocycles. The molecule has 1 aromatic heterocycles. The van der Waals surface area contributed by atoms with Crippen LogP contribution in [0.15, 0.2) is 22.6 Å². The highest BCUT2D eigenvalue weighted by atomic mass is 16.6. The van der Waals surface area contributed by atoms with Crippen molar-refractivity contribution in [3.63, 3.8) is 0 Å². The van der Waals surface area contributed by atoms with Gasteiger partial charge in [0, 0.05) is 19.7 Å². The lowest BCUT2D eigenvalue weighted by Crippen LogP contribution is -2.39. The third-order valence-electron chi connectivity index (χ3n) is 3.12. The molecule has 8 nitrogen and oxygen atoms in total. The maximum Gasteiger partial charge on any atom is 0.298 e. The number of oxazole rings is 1. The first-order chi connectivity index (χ1) is 9.85. The van der Waals surface area contributed by atoms with Gasteiger partial charge in [-0.3, -0.25) is 14.9 Å². The van der Waals surface area contributed by atoms with Gasteiger partial charge in [0.2, 0.25) is 5.91 Å². The van der Waals surface area contributed by atoms with E-state index in [1.165, 1.54) is 12.1 Å². The first-order valence-electron chi connectivity index (χ1n) is 6.35. The van der Waals surface area contributed by atoms with Crippen LogP contribution in [0, 0.1) is 15.5 Å². The molecule has 0 aliphatic rings. The van der Waals surface area contributed by atoms with Crippen molar-refractivity contribution < 1.29 is 14.1 Å². The van der Waals surface area contributed by atoms with Crippen LogP contribution in [0.4, 0.5) is 11.7 Å². The first kappa shape index (κ1) is 14.8. The van der Waals surface area contributed by atoms with Gasteiger partial charge in [0.25, 0.3) is 11.7 Å². The lowest BCUT2D eigenvalue weighted by Gasteiger charge is -2.22. The normalized spacial score (nSPS) is 11.4. The lowest BCUT2D eigenvalue weighted by atomic mass is 9.92. The minimum Gasteiger partial charge on any atom is -0.423 e. The first-order valence-corrected chi connectivity index (χ1v) is 6.35. The number of para-hydroxylation sites is 1. The quantitative estimate of drug-likeness (QED) is 0.643. The Morgan fingerprint density at radius 3 is 2.81 bits per heavy atom. The van der Waals surface area contributed by atoms with Crippen molar-refractivity contribution >= 4 is 28.7 Å². The zero-order valence-electron chi connectivity index (χ0n) is 12.0. The van der Waals surface area contributed by atoms with E-state index in [1.807, 2.05) is 0 Å². The number of benzene rings is 1. The second-order valence-corrected chi connectivity index (χ2v) is 5.22. The van der Waals surface area contributed by atoms with E-state index in [9.17, 15) is 14.9 Å². The van der Waals surface area contributed by atoms with Crippen LogP contribution in [0.3, 0.4) is 0 Å². The number of nitro groups is 1. The molecule has 2 rings (SSSR count). The Morgan fingerprint density at radius 1 is 1.48 bits per heavy atom. The van der Waals surface area contributed by atoms with Gasteiger partial charge >= 0.3 is 0 Å². The zero-order valence-corrected chi connectivity index (χ0v) is 12.0. The Kier molecular flexibility index (Phi) is 3.79. The number of nitrogens with zero attached hydrogens (tertiary/aromatic N) is 2. The highest BCUT2D eigenvalue weighted by molar-refractivity contribution is 5.84. The summed E-state index contributed by atoms with van der Waals surface area (Å²) in [6.45, 7) is 3.82. The Labute approximate surface area is 120 Å². The summed E-state index contributed by atoms with van der Waals surface area (Å²) in [6.07, 6.45) is 0. The molecule has 0 saturated carbocycles. The topological polar surface area (TPSA) is 110 Å². The minimum atomic E-state index is -0.665. The van der Waals surface area contributed by atoms with Crippen molar-refractivity contribution in [2.75, 3.05) is 18.9 Å². The van der Waals surface area contributed by atoms with Crippen LogP contribution in [0.25, 0.3) is 11.1 Å². The molecular weight excluding hydrogens is 276 g/mol.